The Hall–Kier alpha value is 1.27. The molecule has 1 rings (SSSR count). The maximum absolute atomic E-state index is 10.6. The summed E-state index contributed by atoms with van der Waals surface area (Å²) >= 11 is 0. The molecule has 0 unspecified atom stereocenters. The zero-order valence-electron chi connectivity index (χ0n) is 9.45. The Morgan fingerprint density at radius 1 is 1.22 bits per heavy atom. The fraction of sp³-hybridized carbons (Fsp3) is 0. The molecule has 0 spiro atoms. The second-order valence-corrected chi connectivity index (χ2v) is 4.03. The number of benzene rings is 1. The van der Waals surface area contributed by atoms with Crippen LogP contribution >= 0.6 is 0 Å². The molecule has 8 nitrogen and oxygen atoms in total. The van der Waals surface area contributed by atoms with Crippen molar-refractivity contribution in [2.45, 2.75) is 4.90 Å². The average molecular weight is 323 g/mol. The van der Waals surface area contributed by atoms with E-state index in [0.29, 0.717) is 12.1 Å². The van der Waals surface area contributed by atoms with Crippen molar-refractivity contribution in [2.75, 3.05) is 0 Å². The first kappa shape index (κ1) is 21.6. The van der Waals surface area contributed by atoms with Gasteiger partial charge >= 0.3 is 103 Å². The van der Waals surface area contributed by atoms with Crippen LogP contribution in [0.3, 0.4) is 0 Å². The molecule has 86 valence electrons. The predicted molar refractivity (Wildman–Crippen MR) is 45.4 cm³/mol. The summed E-state index contributed by atoms with van der Waals surface area (Å²) in [5.41, 5.74) is -1.67. The van der Waals surface area contributed by atoms with Crippen molar-refractivity contribution in [3.05, 3.63) is 33.9 Å². The molecule has 0 aliphatic rings. The molecule has 0 fully saturated rings. The number of aromatic carboxylic acids is 1. The van der Waals surface area contributed by atoms with Gasteiger partial charge in [-0.15, -0.1) is 0 Å². The quantitative estimate of drug-likeness (QED) is 0.233. The van der Waals surface area contributed by atoms with Crippen LogP contribution in [0, 0.1) is 10.1 Å². The molecule has 18 heavy (non-hydrogen) atoms. The molecule has 11 heteroatoms. The summed E-state index contributed by atoms with van der Waals surface area (Å²) in [5.74, 6) is -1.97. The van der Waals surface area contributed by atoms with E-state index in [4.69, 9.17) is 0 Å². The van der Waals surface area contributed by atoms with E-state index in [2.05, 4.69) is 0 Å². The molecule has 0 atom stereocenters. The third kappa shape index (κ3) is 5.72. The van der Waals surface area contributed by atoms with Gasteiger partial charge in [-0.1, -0.05) is 0 Å². The average Bonchev–Trinajstić information content (AvgIpc) is 2.15. The number of nitrogens with zero attached hydrogens (tertiary/aromatic N) is 1. The van der Waals surface area contributed by atoms with E-state index < -0.39 is 37.2 Å². The largest absolute Gasteiger partial charge is 1.00 e. The SMILES string of the molecule is O=C([O-])c1cc([N+](=O)[O-])ccc1S(=O)(=O)[O-].[K+].[K+]. The maximum Gasteiger partial charge on any atom is 1.00 e. The Labute approximate surface area is 187 Å². The van der Waals surface area contributed by atoms with Gasteiger partial charge in [-0.3, -0.25) is 10.1 Å². The molecule has 0 amide bonds. The summed E-state index contributed by atoms with van der Waals surface area (Å²) in [6.45, 7) is 0. The zero-order valence-corrected chi connectivity index (χ0v) is 16.5. The second kappa shape index (κ2) is 8.54. The van der Waals surface area contributed by atoms with E-state index in [1.165, 1.54) is 0 Å². The molecule has 0 saturated carbocycles. The molecule has 0 bridgehead atoms. The van der Waals surface area contributed by atoms with Gasteiger partial charge in [-0.05, 0) is 6.07 Å². The molecule has 1 aromatic rings. The standard InChI is InChI=1S/C7H5NO7S.2K/c9-7(10)5-3-4(8(11)12)1-2-6(5)16(13,14)15;;/h1-3H,(H,9,10)(H,13,14,15);;/q;2*+1/p-2. The number of carbonyl (C=O) groups excluding carboxylic acids is 1. The van der Waals surface area contributed by atoms with E-state index in [1.54, 1.807) is 0 Å². The van der Waals surface area contributed by atoms with Crippen molar-refractivity contribution in [2.24, 2.45) is 0 Å². The van der Waals surface area contributed by atoms with Crippen LogP contribution in [-0.4, -0.2) is 23.9 Å². The van der Waals surface area contributed by atoms with Crippen molar-refractivity contribution in [3.63, 3.8) is 0 Å². The fourth-order valence-electron chi connectivity index (χ4n) is 1.01. The zero-order chi connectivity index (χ0) is 12.5. The minimum Gasteiger partial charge on any atom is -0.744 e. The maximum atomic E-state index is 10.6. The third-order valence-electron chi connectivity index (χ3n) is 1.66. The molecular formula is C7H3K2NO7S. The fourth-order valence-corrected chi connectivity index (χ4v) is 1.66. The van der Waals surface area contributed by atoms with Crippen LogP contribution < -0.4 is 108 Å². The van der Waals surface area contributed by atoms with Crippen molar-refractivity contribution < 1.29 is 131 Å². The molecule has 0 radical (unpaired) electrons. The molecule has 0 N–H and O–H groups in total. The Balaban J connectivity index is 0. The van der Waals surface area contributed by atoms with Gasteiger partial charge in [-0.2, -0.15) is 0 Å². The van der Waals surface area contributed by atoms with Gasteiger partial charge in [0.15, 0.2) is 0 Å². The van der Waals surface area contributed by atoms with E-state index in [-0.39, 0.29) is 103 Å². The first-order chi connectivity index (χ1) is 7.23. The van der Waals surface area contributed by atoms with Gasteiger partial charge in [0.05, 0.1) is 15.8 Å². The molecular weight excluding hydrogens is 320 g/mol. The van der Waals surface area contributed by atoms with Crippen molar-refractivity contribution in [3.8, 4) is 0 Å². The van der Waals surface area contributed by atoms with Crippen LogP contribution in [0.4, 0.5) is 5.69 Å². The van der Waals surface area contributed by atoms with E-state index in [9.17, 15) is 33.0 Å². The predicted octanol–water partition coefficient (Wildman–Crippen LogP) is -7.13. The number of non-ortho nitro benzene ring substituents is 1. The van der Waals surface area contributed by atoms with Crippen LogP contribution in [-0.2, 0) is 10.1 Å². The minimum absolute atomic E-state index is 0. The summed E-state index contributed by atoms with van der Waals surface area (Å²) in [5, 5.41) is 20.8. The topological polar surface area (TPSA) is 140 Å². The van der Waals surface area contributed by atoms with Crippen molar-refractivity contribution >= 4 is 21.8 Å². The van der Waals surface area contributed by atoms with Gasteiger partial charge in [0.25, 0.3) is 5.69 Å². The van der Waals surface area contributed by atoms with E-state index in [1.807, 2.05) is 0 Å². The number of carboxylic acid groups (broad SMARTS) is 1. The number of rotatable bonds is 3. The van der Waals surface area contributed by atoms with Gasteiger partial charge < -0.3 is 14.5 Å². The summed E-state index contributed by atoms with van der Waals surface area (Å²) < 4.78 is 31.9. The number of hydrogen-bond acceptors (Lipinski definition) is 7. The summed E-state index contributed by atoms with van der Waals surface area (Å²) in [7, 11) is -5.01. The summed E-state index contributed by atoms with van der Waals surface area (Å²) in [6.07, 6.45) is 0. The molecule has 0 aliphatic heterocycles. The minimum atomic E-state index is -5.01. The third-order valence-corrected chi connectivity index (χ3v) is 2.56. The number of carbonyl (C=O) groups is 1. The first-order valence-electron chi connectivity index (χ1n) is 3.69. The normalized spacial score (nSPS) is 9.83. The molecule has 0 aromatic heterocycles. The van der Waals surface area contributed by atoms with Crippen LogP contribution in [0.2, 0.25) is 0 Å². The number of carboxylic acids is 1. The Morgan fingerprint density at radius 3 is 2.06 bits per heavy atom. The Kier molecular flexibility index (Phi) is 10.2. The van der Waals surface area contributed by atoms with Crippen molar-refractivity contribution in [1.82, 2.24) is 0 Å². The van der Waals surface area contributed by atoms with Crippen LogP contribution in [0.15, 0.2) is 23.1 Å². The molecule has 1 aromatic carbocycles. The van der Waals surface area contributed by atoms with Crippen LogP contribution in [0.5, 0.6) is 0 Å². The second-order valence-electron chi connectivity index (χ2n) is 2.68. The van der Waals surface area contributed by atoms with Gasteiger partial charge in [0, 0.05) is 17.7 Å². The molecule has 0 heterocycles. The van der Waals surface area contributed by atoms with E-state index >= 15 is 0 Å². The molecule has 0 saturated heterocycles. The Morgan fingerprint density at radius 2 is 1.72 bits per heavy atom. The summed E-state index contributed by atoms with van der Waals surface area (Å²) in [4.78, 5) is 18.8. The number of hydrogen-bond donors (Lipinski definition) is 0. The van der Waals surface area contributed by atoms with Gasteiger partial charge in [0.2, 0.25) is 0 Å². The number of nitro groups is 1. The van der Waals surface area contributed by atoms with Crippen molar-refractivity contribution in [1.29, 1.82) is 0 Å². The smallest absolute Gasteiger partial charge is 0.744 e. The first-order valence-corrected chi connectivity index (χ1v) is 5.10. The van der Waals surface area contributed by atoms with Crippen LogP contribution in [0.25, 0.3) is 0 Å². The Bertz CT molecular complexity index is 571. The number of nitro benzene ring substituents is 1. The van der Waals surface area contributed by atoms with Gasteiger partial charge in [-0.25, -0.2) is 8.42 Å². The monoisotopic (exact) mass is 323 g/mol. The van der Waals surface area contributed by atoms with E-state index in [0.717, 1.165) is 6.07 Å². The van der Waals surface area contributed by atoms with Gasteiger partial charge in [0.1, 0.15) is 10.1 Å². The summed E-state index contributed by atoms with van der Waals surface area (Å²) in [6, 6.07) is 1.74. The molecule has 0 aliphatic carbocycles. The van der Waals surface area contributed by atoms with Crippen LogP contribution in [0.1, 0.15) is 10.4 Å².